The van der Waals surface area contributed by atoms with E-state index in [1.807, 2.05) is 6.07 Å². The van der Waals surface area contributed by atoms with Gasteiger partial charge in [-0.2, -0.15) is 5.10 Å². The zero-order valence-electron chi connectivity index (χ0n) is 10.2. The number of H-pyrrole nitrogens is 1. The van der Waals surface area contributed by atoms with Crippen LogP contribution in [0.1, 0.15) is 16.3 Å². The molecular weight excluding hydrogens is 232 g/mol. The maximum atomic E-state index is 12.1. The number of hydrogen-bond donors (Lipinski definition) is 2. The van der Waals surface area contributed by atoms with Crippen LogP contribution in [0.4, 0.5) is 5.69 Å². The number of hydrogen-bond acceptors (Lipinski definition) is 5. The number of carbonyl (C=O) groups excluding carboxylic acids is 1. The largest absolute Gasteiger partial charge is 0.387 e. The molecule has 2 rings (SSSR count). The number of pyridine rings is 1. The zero-order chi connectivity index (χ0) is 13.0. The molecular formula is C11H14N6O. The summed E-state index contributed by atoms with van der Waals surface area (Å²) in [4.78, 5) is 21.6. The SMILES string of the molecule is CNc1ccc(C(=O)N(C)Cc2ncn[nH]2)nc1. The van der Waals surface area contributed by atoms with Crippen LogP contribution in [0.25, 0.3) is 0 Å². The maximum Gasteiger partial charge on any atom is 0.272 e. The van der Waals surface area contributed by atoms with E-state index in [0.717, 1.165) is 5.69 Å². The summed E-state index contributed by atoms with van der Waals surface area (Å²) in [5.74, 6) is 0.478. The molecule has 94 valence electrons. The number of aromatic amines is 1. The summed E-state index contributed by atoms with van der Waals surface area (Å²) in [5.41, 5.74) is 1.26. The zero-order valence-corrected chi connectivity index (χ0v) is 10.2. The summed E-state index contributed by atoms with van der Waals surface area (Å²) in [7, 11) is 3.49. The van der Waals surface area contributed by atoms with Crippen molar-refractivity contribution < 1.29 is 4.79 Å². The van der Waals surface area contributed by atoms with Gasteiger partial charge < -0.3 is 10.2 Å². The molecule has 0 aliphatic carbocycles. The molecule has 0 unspecified atom stereocenters. The third kappa shape index (κ3) is 2.62. The van der Waals surface area contributed by atoms with E-state index in [4.69, 9.17) is 0 Å². The molecule has 2 heterocycles. The molecule has 2 aromatic rings. The van der Waals surface area contributed by atoms with Crippen molar-refractivity contribution in [2.75, 3.05) is 19.4 Å². The first kappa shape index (κ1) is 12.0. The molecule has 18 heavy (non-hydrogen) atoms. The summed E-state index contributed by atoms with van der Waals surface area (Å²) in [6.07, 6.45) is 3.03. The van der Waals surface area contributed by atoms with Gasteiger partial charge in [0.15, 0.2) is 0 Å². The fraction of sp³-hybridized carbons (Fsp3) is 0.273. The Morgan fingerprint density at radius 1 is 1.44 bits per heavy atom. The fourth-order valence-electron chi connectivity index (χ4n) is 1.47. The van der Waals surface area contributed by atoms with Gasteiger partial charge in [-0.25, -0.2) is 9.97 Å². The van der Waals surface area contributed by atoms with E-state index >= 15 is 0 Å². The highest BCUT2D eigenvalue weighted by molar-refractivity contribution is 5.92. The Morgan fingerprint density at radius 3 is 2.83 bits per heavy atom. The first-order valence-corrected chi connectivity index (χ1v) is 5.44. The average Bonchev–Trinajstić information content (AvgIpc) is 2.91. The topological polar surface area (TPSA) is 86.8 Å². The van der Waals surface area contributed by atoms with Crippen molar-refractivity contribution in [1.82, 2.24) is 25.1 Å². The van der Waals surface area contributed by atoms with Crippen LogP contribution < -0.4 is 5.32 Å². The Morgan fingerprint density at radius 2 is 2.28 bits per heavy atom. The second-order valence-corrected chi connectivity index (χ2v) is 3.78. The van der Waals surface area contributed by atoms with Crippen molar-refractivity contribution in [3.8, 4) is 0 Å². The van der Waals surface area contributed by atoms with Crippen molar-refractivity contribution >= 4 is 11.6 Å². The lowest BCUT2D eigenvalue weighted by Gasteiger charge is -2.14. The van der Waals surface area contributed by atoms with E-state index in [9.17, 15) is 4.79 Å². The van der Waals surface area contributed by atoms with Crippen LogP contribution in [-0.2, 0) is 6.54 Å². The Hall–Kier alpha value is -2.44. The fourth-order valence-corrected chi connectivity index (χ4v) is 1.47. The minimum Gasteiger partial charge on any atom is -0.387 e. The lowest BCUT2D eigenvalue weighted by Crippen LogP contribution is -2.27. The quantitative estimate of drug-likeness (QED) is 0.821. The highest BCUT2D eigenvalue weighted by atomic mass is 16.2. The molecule has 0 radical (unpaired) electrons. The van der Waals surface area contributed by atoms with Crippen molar-refractivity contribution in [1.29, 1.82) is 0 Å². The molecule has 0 saturated heterocycles. The predicted octanol–water partition coefficient (Wildman–Crippen LogP) is 0.514. The highest BCUT2D eigenvalue weighted by Gasteiger charge is 2.14. The van der Waals surface area contributed by atoms with E-state index in [0.29, 0.717) is 18.1 Å². The van der Waals surface area contributed by atoms with Crippen LogP contribution >= 0.6 is 0 Å². The minimum atomic E-state index is -0.158. The Balaban J connectivity index is 2.05. The summed E-state index contributed by atoms with van der Waals surface area (Å²) in [6.45, 7) is 0.369. The van der Waals surface area contributed by atoms with Crippen molar-refractivity contribution in [2.45, 2.75) is 6.54 Å². The molecule has 0 atom stereocenters. The van der Waals surface area contributed by atoms with Crippen LogP contribution in [0.15, 0.2) is 24.7 Å². The van der Waals surface area contributed by atoms with Gasteiger partial charge in [-0.15, -0.1) is 0 Å². The molecule has 7 nitrogen and oxygen atoms in total. The molecule has 0 bridgehead atoms. The average molecular weight is 246 g/mol. The molecule has 1 amide bonds. The maximum absolute atomic E-state index is 12.1. The molecule has 0 fully saturated rings. The van der Waals surface area contributed by atoms with E-state index in [2.05, 4.69) is 25.5 Å². The lowest BCUT2D eigenvalue weighted by atomic mass is 10.3. The summed E-state index contributed by atoms with van der Waals surface area (Å²) in [6, 6.07) is 3.49. The van der Waals surface area contributed by atoms with E-state index in [-0.39, 0.29) is 5.91 Å². The monoisotopic (exact) mass is 246 g/mol. The molecule has 2 aromatic heterocycles. The van der Waals surface area contributed by atoms with Gasteiger partial charge in [-0.05, 0) is 12.1 Å². The van der Waals surface area contributed by atoms with Crippen molar-refractivity contribution in [3.63, 3.8) is 0 Å². The molecule has 7 heteroatoms. The van der Waals surface area contributed by atoms with Gasteiger partial charge in [-0.1, -0.05) is 0 Å². The Kier molecular flexibility index (Phi) is 3.52. The highest BCUT2D eigenvalue weighted by Crippen LogP contribution is 2.07. The number of carbonyl (C=O) groups is 1. The number of rotatable bonds is 4. The van der Waals surface area contributed by atoms with Crippen LogP contribution in [0.2, 0.25) is 0 Å². The van der Waals surface area contributed by atoms with E-state index in [1.54, 1.807) is 26.4 Å². The number of nitrogens with one attached hydrogen (secondary N) is 2. The van der Waals surface area contributed by atoms with Crippen LogP contribution in [0, 0.1) is 0 Å². The first-order chi connectivity index (χ1) is 8.70. The number of anilines is 1. The Labute approximate surface area is 104 Å². The normalized spacial score (nSPS) is 10.1. The number of nitrogens with zero attached hydrogens (tertiary/aromatic N) is 4. The minimum absolute atomic E-state index is 0.158. The van der Waals surface area contributed by atoms with Crippen LogP contribution in [-0.4, -0.2) is 45.1 Å². The summed E-state index contributed by atoms with van der Waals surface area (Å²) >= 11 is 0. The summed E-state index contributed by atoms with van der Waals surface area (Å²) in [5, 5.41) is 9.39. The van der Waals surface area contributed by atoms with Crippen LogP contribution in [0.5, 0.6) is 0 Å². The molecule has 0 aliphatic rings. The van der Waals surface area contributed by atoms with E-state index in [1.165, 1.54) is 11.2 Å². The van der Waals surface area contributed by atoms with Gasteiger partial charge in [0.25, 0.3) is 5.91 Å². The predicted molar refractivity (Wildman–Crippen MR) is 66.0 cm³/mol. The number of aromatic nitrogens is 4. The van der Waals surface area contributed by atoms with Gasteiger partial charge in [0.1, 0.15) is 17.8 Å². The van der Waals surface area contributed by atoms with Crippen molar-refractivity contribution in [3.05, 3.63) is 36.2 Å². The molecule has 0 spiro atoms. The molecule has 0 aromatic carbocycles. The van der Waals surface area contributed by atoms with Gasteiger partial charge in [-0.3, -0.25) is 9.89 Å². The molecule has 2 N–H and O–H groups in total. The molecule has 0 aliphatic heterocycles. The number of amides is 1. The third-order valence-electron chi connectivity index (χ3n) is 2.47. The third-order valence-corrected chi connectivity index (χ3v) is 2.47. The van der Waals surface area contributed by atoms with Crippen LogP contribution in [0.3, 0.4) is 0 Å². The van der Waals surface area contributed by atoms with Crippen molar-refractivity contribution in [2.24, 2.45) is 0 Å². The van der Waals surface area contributed by atoms with Gasteiger partial charge >= 0.3 is 0 Å². The second kappa shape index (κ2) is 5.26. The van der Waals surface area contributed by atoms with Gasteiger partial charge in [0, 0.05) is 14.1 Å². The van der Waals surface area contributed by atoms with E-state index < -0.39 is 0 Å². The lowest BCUT2D eigenvalue weighted by molar-refractivity contribution is 0.0776. The molecule has 0 saturated carbocycles. The van der Waals surface area contributed by atoms with Gasteiger partial charge in [0.2, 0.25) is 0 Å². The Bertz CT molecular complexity index is 507. The standard InChI is InChI=1S/C11H14N6O/c1-12-8-3-4-9(13-5-8)11(18)17(2)6-10-14-7-15-16-10/h3-5,7,12H,6H2,1-2H3,(H,14,15,16). The smallest absolute Gasteiger partial charge is 0.272 e. The summed E-state index contributed by atoms with van der Waals surface area (Å²) < 4.78 is 0. The van der Waals surface area contributed by atoms with Gasteiger partial charge in [0.05, 0.1) is 18.4 Å². The first-order valence-electron chi connectivity index (χ1n) is 5.44. The second-order valence-electron chi connectivity index (χ2n) is 3.78.